The summed E-state index contributed by atoms with van der Waals surface area (Å²) in [5.74, 6) is 0.708. The minimum atomic E-state index is -0.136. The molecule has 0 bridgehead atoms. The molecule has 1 fully saturated rings. The number of ether oxygens (including phenoxy) is 2. The molecule has 2 aromatic rings. The minimum absolute atomic E-state index is 0.120. The van der Waals surface area contributed by atoms with Crippen LogP contribution in [0.1, 0.15) is 18.4 Å². The third-order valence-electron chi connectivity index (χ3n) is 4.04. The average Bonchev–Trinajstić information content (AvgIpc) is 2.62. The number of hydrogen-bond acceptors (Lipinski definition) is 5. The second-order valence-electron chi connectivity index (χ2n) is 6.00. The number of nitrogens with one attached hydrogen (secondary N) is 1. The lowest BCUT2D eigenvalue weighted by molar-refractivity contribution is 0.0988. The fourth-order valence-corrected chi connectivity index (χ4v) is 2.84. The standard InChI is InChI=1S/C18H22N4O3/c1-13-5-3-6-14(11-13)21-18(23)22-10-4-7-15(12-22)25-17-16(24-2)19-8-9-20-17/h3,5-6,8-9,11,15H,4,7,10,12H2,1-2H3,(H,21,23). The highest BCUT2D eigenvalue weighted by atomic mass is 16.5. The lowest BCUT2D eigenvalue weighted by atomic mass is 10.1. The van der Waals surface area contributed by atoms with Gasteiger partial charge in [-0.05, 0) is 37.5 Å². The Morgan fingerprint density at radius 3 is 2.84 bits per heavy atom. The van der Waals surface area contributed by atoms with E-state index in [0.29, 0.717) is 24.8 Å². The Morgan fingerprint density at radius 1 is 1.28 bits per heavy atom. The maximum absolute atomic E-state index is 12.5. The van der Waals surface area contributed by atoms with Gasteiger partial charge in [-0.25, -0.2) is 14.8 Å². The van der Waals surface area contributed by atoms with Crippen LogP contribution in [0.2, 0.25) is 0 Å². The first-order chi connectivity index (χ1) is 12.2. The number of piperidine rings is 1. The molecule has 1 aliphatic heterocycles. The van der Waals surface area contributed by atoms with E-state index in [9.17, 15) is 4.79 Å². The van der Waals surface area contributed by atoms with Gasteiger partial charge in [-0.3, -0.25) is 0 Å². The van der Waals surface area contributed by atoms with Crippen molar-refractivity contribution in [3.8, 4) is 11.8 Å². The summed E-state index contributed by atoms with van der Waals surface area (Å²) >= 11 is 0. The van der Waals surface area contributed by atoms with Crippen LogP contribution in [0.25, 0.3) is 0 Å². The highest BCUT2D eigenvalue weighted by molar-refractivity contribution is 5.89. The molecule has 1 aliphatic rings. The summed E-state index contributed by atoms with van der Waals surface area (Å²) in [7, 11) is 1.53. The zero-order chi connectivity index (χ0) is 17.6. The zero-order valence-corrected chi connectivity index (χ0v) is 14.4. The first-order valence-electron chi connectivity index (χ1n) is 8.30. The molecule has 132 valence electrons. The number of carbonyl (C=O) groups excluding carboxylic acids is 1. The van der Waals surface area contributed by atoms with E-state index in [2.05, 4.69) is 15.3 Å². The number of aromatic nitrogens is 2. The van der Waals surface area contributed by atoms with Gasteiger partial charge < -0.3 is 19.7 Å². The third-order valence-corrected chi connectivity index (χ3v) is 4.04. The van der Waals surface area contributed by atoms with Gasteiger partial charge in [-0.2, -0.15) is 0 Å². The molecular formula is C18H22N4O3. The summed E-state index contributed by atoms with van der Waals surface area (Å²) < 4.78 is 11.1. The van der Waals surface area contributed by atoms with Gasteiger partial charge in [0.15, 0.2) is 0 Å². The Hall–Kier alpha value is -2.83. The molecule has 0 saturated carbocycles. The van der Waals surface area contributed by atoms with Crippen LogP contribution in [-0.4, -0.2) is 47.2 Å². The van der Waals surface area contributed by atoms with Crippen LogP contribution in [0.15, 0.2) is 36.7 Å². The van der Waals surface area contributed by atoms with Crippen molar-refractivity contribution >= 4 is 11.7 Å². The summed E-state index contributed by atoms with van der Waals surface area (Å²) in [5.41, 5.74) is 1.90. The highest BCUT2D eigenvalue weighted by Crippen LogP contribution is 2.24. The van der Waals surface area contributed by atoms with Gasteiger partial charge in [0.2, 0.25) is 0 Å². The first-order valence-corrected chi connectivity index (χ1v) is 8.30. The molecule has 2 amide bonds. The number of methoxy groups -OCH3 is 1. The Bertz CT molecular complexity index is 738. The van der Waals surface area contributed by atoms with Gasteiger partial charge in [-0.1, -0.05) is 12.1 Å². The predicted molar refractivity (Wildman–Crippen MR) is 94.0 cm³/mol. The second-order valence-corrected chi connectivity index (χ2v) is 6.00. The summed E-state index contributed by atoms with van der Waals surface area (Å²) in [6.07, 6.45) is 4.70. The van der Waals surface area contributed by atoms with Crippen LogP contribution in [0, 0.1) is 6.92 Å². The highest BCUT2D eigenvalue weighted by Gasteiger charge is 2.26. The van der Waals surface area contributed by atoms with E-state index >= 15 is 0 Å². The molecule has 7 nitrogen and oxygen atoms in total. The summed E-state index contributed by atoms with van der Waals surface area (Å²) in [6, 6.07) is 7.63. The van der Waals surface area contributed by atoms with Crippen molar-refractivity contribution < 1.29 is 14.3 Å². The minimum Gasteiger partial charge on any atom is -0.477 e. The van der Waals surface area contributed by atoms with Crippen molar-refractivity contribution in [2.45, 2.75) is 25.9 Å². The number of carbonyl (C=O) groups is 1. The van der Waals surface area contributed by atoms with E-state index in [4.69, 9.17) is 9.47 Å². The molecule has 1 atom stereocenters. The molecule has 2 heterocycles. The largest absolute Gasteiger partial charge is 0.477 e. The Balaban J connectivity index is 1.61. The van der Waals surface area contributed by atoms with E-state index in [1.807, 2.05) is 31.2 Å². The van der Waals surface area contributed by atoms with Crippen molar-refractivity contribution in [1.29, 1.82) is 0 Å². The van der Waals surface area contributed by atoms with E-state index in [1.165, 1.54) is 7.11 Å². The smallest absolute Gasteiger partial charge is 0.321 e. The molecule has 0 radical (unpaired) electrons. The van der Waals surface area contributed by atoms with Crippen LogP contribution in [-0.2, 0) is 0 Å². The van der Waals surface area contributed by atoms with Crippen LogP contribution < -0.4 is 14.8 Å². The zero-order valence-electron chi connectivity index (χ0n) is 14.4. The number of rotatable bonds is 4. The predicted octanol–water partition coefficient (Wildman–Crippen LogP) is 2.87. The number of anilines is 1. The van der Waals surface area contributed by atoms with Crippen molar-refractivity contribution in [3.63, 3.8) is 0 Å². The second kappa shape index (κ2) is 7.83. The fraction of sp³-hybridized carbons (Fsp3) is 0.389. The Morgan fingerprint density at radius 2 is 2.08 bits per heavy atom. The van der Waals surface area contributed by atoms with Crippen molar-refractivity contribution in [1.82, 2.24) is 14.9 Å². The topological polar surface area (TPSA) is 76.6 Å². The van der Waals surface area contributed by atoms with Gasteiger partial charge in [0.25, 0.3) is 11.8 Å². The SMILES string of the molecule is COc1nccnc1OC1CCCN(C(=O)Nc2cccc(C)c2)C1. The number of amides is 2. The number of nitrogens with zero attached hydrogens (tertiary/aromatic N) is 3. The fourth-order valence-electron chi connectivity index (χ4n) is 2.84. The van der Waals surface area contributed by atoms with Crippen LogP contribution in [0.3, 0.4) is 0 Å². The average molecular weight is 342 g/mol. The normalized spacial score (nSPS) is 17.0. The molecule has 3 rings (SSSR count). The van der Waals surface area contributed by atoms with E-state index in [0.717, 1.165) is 24.1 Å². The van der Waals surface area contributed by atoms with Gasteiger partial charge in [-0.15, -0.1) is 0 Å². The number of aryl methyl sites for hydroxylation is 1. The molecule has 7 heteroatoms. The van der Waals surface area contributed by atoms with Crippen molar-refractivity contribution in [2.75, 3.05) is 25.5 Å². The molecular weight excluding hydrogens is 320 g/mol. The molecule has 1 aromatic heterocycles. The lowest BCUT2D eigenvalue weighted by Crippen LogP contribution is -2.46. The van der Waals surface area contributed by atoms with Gasteiger partial charge in [0.05, 0.1) is 13.7 Å². The molecule has 1 unspecified atom stereocenters. The molecule has 1 N–H and O–H groups in total. The first kappa shape index (κ1) is 17.0. The van der Waals surface area contributed by atoms with Gasteiger partial charge in [0, 0.05) is 24.6 Å². The summed E-state index contributed by atoms with van der Waals surface area (Å²) in [6.45, 7) is 3.20. The van der Waals surface area contributed by atoms with Crippen LogP contribution >= 0.6 is 0 Å². The maximum atomic E-state index is 12.5. The Kier molecular flexibility index (Phi) is 5.33. The lowest BCUT2D eigenvalue weighted by Gasteiger charge is -2.32. The number of likely N-dealkylation sites (tertiary alicyclic amines) is 1. The van der Waals surface area contributed by atoms with E-state index < -0.39 is 0 Å². The maximum Gasteiger partial charge on any atom is 0.321 e. The molecule has 1 saturated heterocycles. The monoisotopic (exact) mass is 342 g/mol. The van der Waals surface area contributed by atoms with Crippen molar-refractivity contribution in [2.24, 2.45) is 0 Å². The van der Waals surface area contributed by atoms with Gasteiger partial charge in [0.1, 0.15) is 6.10 Å². The molecule has 0 spiro atoms. The summed E-state index contributed by atoms with van der Waals surface area (Å²) in [5, 5.41) is 2.94. The Labute approximate surface area is 147 Å². The number of benzene rings is 1. The summed E-state index contributed by atoms with van der Waals surface area (Å²) in [4.78, 5) is 22.5. The van der Waals surface area contributed by atoms with E-state index in [1.54, 1.807) is 17.3 Å². The third kappa shape index (κ3) is 4.37. The van der Waals surface area contributed by atoms with Crippen LogP contribution in [0.5, 0.6) is 11.8 Å². The molecule has 0 aliphatic carbocycles. The molecule has 1 aromatic carbocycles. The number of hydrogen-bond donors (Lipinski definition) is 1. The van der Waals surface area contributed by atoms with E-state index in [-0.39, 0.29) is 12.1 Å². The van der Waals surface area contributed by atoms with Crippen molar-refractivity contribution in [3.05, 3.63) is 42.2 Å². The number of urea groups is 1. The quantitative estimate of drug-likeness (QED) is 0.924. The van der Waals surface area contributed by atoms with Crippen LogP contribution in [0.4, 0.5) is 10.5 Å². The van der Waals surface area contributed by atoms with Gasteiger partial charge >= 0.3 is 6.03 Å². The molecule has 25 heavy (non-hydrogen) atoms.